The molecule has 0 aliphatic heterocycles. The number of pyridine rings is 1. The summed E-state index contributed by atoms with van der Waals surface area (Å²) in [5.74, 6) is -0.924. The summed E-state index contributed by atoms with van der Waals surface area (Å²) in [4.78, 5) is 40.8. The SMILES string of the molecule is Cc1c(Cl)c(=O)oc2cc(OCC(=O)N[C@@H](CO)C(=O)Nc3ccc4ncccc4c3)ccc12. The van der Waals surface area contributed by atoms with E-state index in [4.69, 9.17) is 20.8 Å². The number of benzene rings is 2. The Balaban J connectivity index is 1.37. The number of aliphatic hydroxyl groups is 1. The van der Waals surface area contributed by atoms with Crippen LogP contribution in [0.25, 0.3) is 21.9 Å². The lowest BCUT2D eigenvalue weighted by atomic mass is 10.1. The number of anilines is 1. The molecule has 0 spiro atoms. The number of nitrogens with one attached hydrogen (secondary N) is 2. The van der Waals surface area contributed by atoms with E-state index in [0.29, 0.717) is 16.6 Å². The van der Waals surface area contributed by atoms with Crippen LogP contribution in [0.2, 0.25) is 5.02 Å². The van der Waals surface area contributed by atoms with Gasteiger partial charge in [-0.3, -0.25) is 14.6 Å². The van der Waals surface area contributed by atoms with Crippen molar-refractivity contribution in [1.29, 1.82) is 0 Å². The highest BCUT2D eigenvalue weighted by Crippen LogP contribution is 2.26. The molecule has 1 atom stereocenters. The second kappa shape index (κ2) is 9.90. The Morgan fingerprint density at radius 3 is 2.82 bits per heavy atom. The number of hydrogen-bond acceptors (Lipinski definition) is 7. The number of hydrogen-bond donors (Lipinski definition) is 3. The van der Waals surface area contributed by atoms with Gasteiger partial charge in [-0.05, 0) is 48.9 Å². The Hall–Kier alpha value is -3.95. The van der Waals surface area contributed by atoms with Crippen molar-refractivity contribution in [3.63, 3.8) is 0 Å². The number of nitrogens with zero attached hydrogens (tertiary/aromatic N) is 1. The number of fused-ring (bicyclic) bond motifs is 2. The molecule has 0 unspecified atom stereocenters. The van der Waals surface area contributed by atoms with E-state index in [2.05, 4.69) is 15.6 Å². The lowest BCUT2D eigenvalue weighted by Gasteiger charge is -2.17. The van der Waals surface area contributed by atoms with Gasteiger partial charge in [-0.15, -0.1) is 0 Å². The molecule has 0 aliphatic carbocycles. The van der Waals surface area contributed by atoms with Crippen LogP contribution in [0.1, 0.15) is 5.56 Å². The summed E-state index contributed by atoms with van der Waals surface area (Å²) in [5, 5.41) is 16.2. The van der Waals surface area contributed by atoms with Crippen LogP contribution in [0.5, 0.6) is 5.75 Å². The van der Waals surface area contributed by atoms with Crippen LogP contribution in [0.15, 0.2) is 63.9 Å². The van der Waals surface area contributed by atoms with E-state index >= 15 is 0 Å². The van der Waals surface area contributed by atoms with Crippen molar-refractivity contribution in [1.82, 2.24) is 10.3 Å². The van der Waals surface area contributed by atoms with Crippen molar-refractivity contribution in [3.8, 4) is 5.75 Å². The summed E-state index contributed by atoms with van der Waals surface area (Å²) in [5.41, 5.74) is 1.46. The molecule has 0 aliphatic rings. The number of aromatic nitrogens is 1. The standard InChI is InChI=1S/C24H20ClN3O6/c1-13-17-6-5-16(10-20(17)34-24(32)22(13)25)33-12-21(30)28-19(11-29)23(31)27-15-4-7-18-14(9-15)3-2-8-26-18/h2-10,19,29H,11-12H2,1H3,(H,27,31)(H,28,30)/t19-/m0/s1. The molecule has 0 bridgehead atoms. The topological polar surface area (TPSA) is 131 Å². The highest BCUT2D eigenvalue weighted by molar-refractivity contribution is 6.31. The zero-order chi connectivity index (χ0) is 24.2. The molecule has 2 aromatic carbocycles. The van der Waals surface area contributed by atoms with E-state index in [1.54, 1.807) is 49.5 Å². The van der Waals surface area contributed by atoms with Crippen molar-refractivity contribution >= 4 is 51.0 Å². The third-order valence-corrected chi connectivity index (χ3v) is 5.58. The fourth-order valence-corrected chi connectivity index (χ4v) is 3.50. The van der Waals surface area contributed by atoms with Crippen molar-refractivity contribution in [2.24, 2.45) is 0 Å². The maximum absolute atomic E-state index is 12.5. The van der Waals surface area contributed by atoms with Gasteiger partial charge in [0.25, 0.3) is 5.91 Å². The molecule has 0 fully saturated rings. The molecule has 2 amide bonds. The van der Waals surface area contributed by atoms with Gasteiger partial charge in [0, 0.05) is 28.7 Å². The van der Waals surface area contributed by atoms with Crippen molar-refractivity contribution in [2.75, 3.05) is 18.5 Å². The summed E-state index contributed by atoms with van der Waals surface area (Å²) in [6.07, 6.45) is 1.67. The predicted molar refractivity (Wildman–Crippen MR) is 127 cm³/mol. The molecule has 0 saturated carbocycles. The largest absolute Gasteiger partial charge is 0.484 e. The summed E-state index contributed by atoms with van der Waals surface area (Å²) in [6, 6.07) is 12.4. The molecule has 9 nitrogen and oxygen atoms in total. The smallest absolute Gasteiger partial charge is 0.355 e. The van der Waals surface area contributed by atoms with Gasteiger partial charge in [0.2, 0.25) is 5.91 Å². The summed E-state index contributed by atoms with van der Waals surface area (Å²) in [7, 11) is 0. The first kappa shape index (κ1) is 23.2. The normalized spacial score (nSPS) is 11.9. The molecule has 2 aromatic heterocycles. The first-order valence-electron chi connectivity index (χ1n) is 10.3. The van der Waals surface area contributed by atoms with E-state index < -0.39 is 36.7 Å². The summed E-state index contributed by atoms with van der Waals surface area (Å²) in [6.45, 7) is 0.673. The molecular weight excluding hydrogens is 462 g/mol. The third-order valence-electron chi connectivity index (χ3n) is 5.14. The fourth-order valence-electron chi connectivity index (χ4n) is 3.36. The Labute approximate surface area is 198 Å². The van der Waals surface area contributed by atoms with Gasteiger partial charge in [-0.25, -0.2) is 4.79 Å². The monoisotopic (exact) mass is 481 g/mol. The van der Waals surface area contributed by atoms with E-state index in [1.807, 2.05) is 6.07 Å². The van der Waals surface area contributed by atoms with Crippen LogP contribution < -0.4 is 21.0 Å². The first-order chi connectivity index (χ1) is 16.4. The maximum Gasteiger partial charge on any atom is 0.355 e. The average Bonchev–Trinajstić information content (AvgIpc) is 2.84. The van der Waals surface area contributed by atoms with Crippen LogP contribution in [-0.2, 0) is 9.59 Å². The Morgan fingerprint density at radius 1 is 1.21 bits per heavy atom. The van der Waals surface area contributed by atoms with Crippen molar-refractivity contribution < 1.29 is 23.8 Å². The molecule has 10 heteroatoms. The Morgan fingerprint density at radius 2 is 2.03 bits per heavy atom. The van der Waals surface area contributed by atoms with Crippen LogP contribution >= 0.6 is 11.6 Å². The Bertz CT molecular complexity index is 1450. The minimum atomic E-state index is -1.18. The number of amides is 2. The minimum absolute atomic E-state index is 0.00854. The molecule has 3 N–H and O–H groups in total. The number of carbonyl (C=O) groups is 2. The van der Waals surface area contributed by atoms with E-state index in [0.717, 1.165) is 10.9 Å². The predicted octanol–water partition coefficient (Wildman–Crippen LogP) is 2.80. The first-order valence-corrected chi connectivity index (χ1v) is 10.6. The van der Waals surface area contributed by atoms with Gasteiger partial charge in [0.1, 0.15) is 22.4 Å². The zero-order valence-corrected chi connectivity index (χ0v) is 18.8. The minimum Gasteiger partial charge on any atom is -0.484 e. The molecule has 4 rings (SSSR count). The molecule has 34 heavy (non-hydrogen) atoms. The van der Waals surface area contributed by atoms with Crippen LogP contribution in [0.3, 0.4) is 0 Å². The molecule has 0 saturated heterocycles. The van der Waals surface area contributed by atoms with Gasteiger partial charge in [0.05, 0.1) is 12.1 Å². The van der Waals surface area contributed by atoms with Gasteiger partial charge in [-0.1, -0.05) is 17.7 Å². The molecule has 0 radical (unpaired) electrons. The average molecular weight is 482 g/mol. The van der Waals surface area contributed by atoms with E-state index in [1.165, 1.54) is 6.07 Å². The molecular formula is C24H20ClN3O6. The number of ether oxygens (including phenoxy) is 1. The number of halogens is 1. The highest BCUT2D eigenvalue weighted by atomic mass is 35.5. The second-order valence-electron chi connectivity index (χ2n) is 7.48. The van der Waals surface area contributed by atoms with Gasteiger partial charge in [-0.2, -0.15) is 0 Å². The van der Waals surface area contributed by atoms with Crippen LogP contribution in [0, 0.1) is 6.92 Å². The van der Waals surface area contributed by atoms with Gasteiger partial charge in [0.15, 0.2) is 6.61 Å². The fraction of sp³-hybridized carbons (Fsp3) is 0.167. The lowest BCUT2D eigenvalue weighted by Crippen LogP contribution is -2.47. The highest BCUT2D eigenvalue weighted by Gasteiger charge is 2.20. The number of aliphatic hydroxyl groups excluding tert-OH is 1. The molecule has 4 aromatic rings. The summed E-state index contributed by atoms with van der Waals surface area (Å²) < 4.78 is 10.6. The summed E-state index contributed by atoms with van der Waals surface area (Å²) >= 11 is 5.92. The number of rotatable bonds is 7. The zero-order valence-electron chi connectivity index (χ0n) is 18.0. The third kappa shape index (κ3) is 5.00. The van der Waals surface area contributed by atoms with Crippen molar-refractivity contribution in [3.05, 3.63) is 75.7 Å². The molecule has 174 valence electrons. The quantitative estimate of drug-likeness (QED) is 0.346. The van der Waals surface area contributed by atoms with E-state index in [9.17, 15) is 19.5 Å². The van der Waals surface area contributed by atoms with Crippen LogP contribution in [-0.4, -0.2) is 41.2 Å². The number of carbonyl (C=O) groups excluding carboxylic acids is 2. The maximum atomic E-state index is 12.5. The van der Waals surface area contributed by atoms with Crippen LogP contribution in [0.4, 0.5) is 5.69 Å². The lowest BCUT2D eigenvalue weighted by molar-refractivity contribution is -0.128. The van der Waals surface area contributed by atoms with Gasteiger partial charge < -0.3 is 24.9 Å². The van der Waals surface area contributed by atoms with Gasteiger partial charge >= 0.3 is 5.63 Å². The number of aryl methyl sites for hydroxylation is 1. The van der Waals surface area contributed by atoms with E-state index in [-0.39, 0.29) is 16.4 Å². The molecule has 2 heterocycles. The second-order valence-corrected chi connectivity index (χ2v) is 7.86. The Kier molecular flexibility index (Phi) is 6.76. The van der Waals surface area contributed by atoms with Crippen molar-refractivity contribution in [2.45, 2.75) is 13.0 Å².